The van der Waals surface area contributed by atoms with Crippen LogP contribution in [0.25, 0.3) is 0 Å². The van der Waals surface area contributed by atoms with Gasteiger partial charge in [-0.3, -0.25) is 9.59 Å². The van der Waals surface area contributed by atoms with Crippen LogP contribution in [-0.4, -0.2) is 49.6 Å². The highest BCUT2D eigenvalue weighted by Crippen LogP contribution is 2.33. The first-order valence-electron chi connectivity index (χ1n) is 9.43. The van der Waals surface area contributed by atoms with Crippen LogP contribution in [0.1, 0.15) is 38.5 Å². The van der Waals surface area contributed by atoms with Crippen molar-refractivity contribution < 1.29 is 28.5 Å². The van der Waals surface area contributed by atoms with Gasteiger partial charge in [-0.15, -0.1) is 0 Å². The molecule has 1 aliphatic carbocycles. The standard InChI is InChI=1S/C20H28O6/c1-3-19-23-11-15(25-19)9-17(21)13-5-7-14(8-6-13)18(22)10-16-12-24-20(4-2)26-16/h3-4,13-16,19-20H,1-2,5-12H2. The average molecular weight is 364 g/mol. The van der Waals surface area contributed by atoms with Crippen LogP contribution in [0.2, 0.25) is 0 Å². The van der Waals surface area contributed by atoms with Crippen molar-refractivity contribution in [2.45, 2.75) is 63.3 Å². The van der Waals surface area contributed by atoms with E-state index in [2.05, 4.69) is 13.2 Å². The van der Waals surface area contributed by atoms with Crippen LogP contribution in [0.4, 0.5) is 0 Å². The quantitative estimate of drug-likeness (QED) is 0.617. The second-order valence-electron chi connectivity index (χ2n) is 7.28. The van der Waals surface area contributed by atoms with Gasteiger partial charge in [-0.1, -0.05) is 13.2 Å². The van der Waals surface area contributed by atoms with Gasteiger partial charge in [-0.25, -0.2) is 0 Å². The average Bonchev–Trinajstić information content (AvgIpc) is 3.30. The van der Waals surface area contributed by atoms with E-state index in [9.17, 15) is 9.59 Å². The Morgan fingerprint density at radius 3 is 1.46 bits per heavy atom. The number of rotatable bonds is 8. The van der Waals surface area contributed by atoms with Crippen molar-refractivity contribution in [1.82, 2.24) is 0 Å². The van der Waals surface area contributed by atoms with Crippen molar-refractivity contribution >= 4 is 11.6 Å². The number of hydrogen-bond donors (Lipinski definition) is 0. The lowest BCUT2D eigenvalue weighted by Crippen LogP contribution is -2.30. The van der Waals surface area contributed by atoms with E-state index >= 15 is 0 Å². The molecule has 0 aromatic heterocycles. The van der Waals surface area contributed by atoms with E-state index in [4.69, 9.17) is 18.9 Å². The molecule has 3 rings (SSSR count). The highest BCUT2D eigenvalue weighted by Gasteiger charge is 2.34. The third kappa shape index (κ3) is 4.88. The molecule has 0 aromatic carbocycles. The van der Waals surface area contributed by atoms with Crippen LogP contribution in [0.5, 0.6) is 0 Å². The van der Waals surface area contributed by atoms with E-state index in [1.807, 2.05) is 0 Å². The molecule has 0 aromatic rings. The fraction of sp³-hybridized carbons (Fsp3) is 0.700. The summed E-state index contributed by atoms with van der Waals surface area (Å²) in [6, 6.07) is 0. The summed E-state index contributed by atoms with van der Waals surface area (Å²) in [6.07, 6.45) is 5.87. The van der Waals surface area contributed by atoms with Crippen LogP contribution in [-0.2, 0) is 28.5 Å². The molecule has 0 radical (unpaired) electrons. The maximum Gasteiger partial charge on any atom is 0.177 e. The predicted molar refractivity (Wildman–Crippen MR) is 94.3 cm³/mol. The van der Waals surface area contributed by atoms with Crippen LogP contribution in [0, 0.1) is 11.8 Å². The monoisotopic (exact) mass is 364 g/mol. The molecule has 1 saturated carbocycles. The molecule has 4 unspecified atom stereocenters. The number of carbonyl (C=O) groups excluding carboxylic acids is 2. The van der Waals surface area contributed by atoms with Gasteiger partial charge in [-0.2, -0.15) is 0 Å². The fourth-order valence-corrected chi connectivity index (χ4v) is 3.92. The largest absolute Gasteiger partial charge is 0.346 e. The minimum Gasteiger partial charge on any atom is -0.346 e. The molecule has 144 valence electrons. The van der Waals surface area contributed by atoms with Crippen molar-refractivity contribution in [3.63, 3.8) is 0 Å². The molecule has 0 amide bonds. The van der Waals surface area contributed by atoms with Gasteiger partial charge in [-0.05, 0) is 37.8 Å². The fourth-order valence-electron chi connectivity index (χ4n) is 3.92. The van der Waals surface area contributed by atoms with Crippen LogP contribution in [0.15, 0.2) is 25.3 Å². The molecule has 0 bridgehead atoms. The van der Waals surface area contributed by atoms with Gasteiger partial charge in [0, 0.05) is 24.7 Å². The maximum absolute atomic E-state index is 12.5. The van der Waals surface area contributed by atoms with Crippen LogP contribution >= 0.6 is 0 Å². The van der Waals surface area contributed by atoms with Gasteiger partial charge < -0.3 is 18.9 Å². The summed E-state index contributed by atoms with van der Waals surface area (Å²) in [5.74, 6) is 0.495. The van der Waals surface area contributed by atoms with Crippen molar-refractivity contribution in [3.8, 4) is 0 Å². The predicted octanol–water partition coefficient (Wildman–Crippen LogP) is 2.57. The van der Waals surface area contributed by atoms with Gasteiger partial charge in [0.25, 0.3) is 0 Å². The molecule has 2 heterocycles. The second-order valence-corrected chi connectivity index (χ2v) is 7.28. The number of ether oxygens (including phenoxy) is 4. The molecule has 2 saturated heterocycles. The van der Waals surface area contributed by atoms with Crippen molar-refractivity contribution in [2.75, 3.05) is 13.2 Å². The van der Waals surface area contributed by atoms with E-state index in [0.717, 1.165) is 25.7 Å². The molecule has 0 spiro atoms. The van der Waals surface area contributed by atoms with Crippen molar-refractivity contribution in [1.29, 1.82) is 0 Å². The molecule has 26 heavy (non-hydrogen) atoms. The summed E-state index contributed by atoms with van der Waals surface area (Å²) in [4.78, 5) is 25.0. The van der Waals surface area contributed by atoms with E-state index in [0.29, 0.717) is 26.1 Å². The normalized spacial score (nSPS) is 37.4. The van der Waals surface area contributed by atoms with Gasteiger partial charge in [0.2, 0.25) is 0 Å². The number of carbonyl (C=O) groups is 2. The minimum absolute atomic E-state index is 0.0293. The third-order valence-electron chi connectivity index (χ3n) is 5.43. The van der Waals surface area contributed by atoms with Crippen LogP contribution in [0.3, 0.4) is 0 Å². The van der Waals surface area contributed by atoms with Crippen LogP contribution < -0.4 is 0 Å². The van der Waals surface area contributed by atoms with E-state index in [1.165, 1.54) is 0 Å². The highest BCUT2D eigenvalue weighted by molar-refractivity contribution is 5.84. The van der Waals surface area contributed by atoms with E-state index < -0.39 is 12.6 Å². The molecule has 3 aliphatic rings. The SMILES string of the molecule is C=CC1OCC(CC(=O)C2CCC(C(=O)CC3COC(C=C)O3)CC2)O1. The minimum atomic E-state index is -0.399. The maximum atomic E-state index is 12.5. The molecular formula is C20H28O6. The van der Waals surface area contributed by atoms with Crippen molar-refractivity contribution in [2.24, 2.45) is 11.8 Å². The van der Waals surface area contributed by atoms with Crippen molar-refractivity contribution in [3.05, 3.63) is 25.3 Å². The summed E-state index contributed by atoms with van der Waals surface area (Å²) in [7, 11) is 0. The molecule has 3 fully saturated rings. The van der Waals surface area contributed by atoms with E-state index in [-0.39, 0.29) is 35.6 Å². The molecule has 2 aliphatic heterocycles. The summed E-state index contributed by atoms with van der Waals surface area (Å²) in [5, 5.41) is 0. The Morgan fingerprint density at radius 1 is 0.769 bits per heavy atom. The molecular weight excluding hydrogens is 336 g/mol. The zero-order valence-corrected chi connectivity index (χ0v) is 15.1. The Balaban J connectivity index is 1.38. The topological polar surface area (TPSA) is 71.1 Å². The third-order valence-corrected chi connectivity index (χ3v) is 5.43. The summed E-state index contributed by atoms with van der Waals surface area (Å²) >= 11 is 0. The lowest BCUT2D eigenvalue weighted by Gasteiger charge is -2.27. The first kappa shape index (κ1) is 19.4. The Kier molecular flexibility index (Phi) is 6.75. The number of Topliss-reactive ketones (excluding diaryl/α,β-unsaturated/α-hetero) is 2. The van der Waals surface area contributed by atoms with E-state index in [1.54, 1.807) is 12.2 Å². The second kappa shape index (κ2) is 9.04. The zero-order valence-electron chi connectivity index (χ0n) is 15.1. The van der Waals surface area contributed by atoms with Gasteiger partial charge in [0.05, 0.1) is 25.4 Å². The lowest BCUT2D eigenvalue weighted by atomic mass is 9.76. The molecule has 6 nitrogen and oxygen atoms in total. The summed E-state index contributed by atoms with van der Waals surface area (Å²) < 4.78 is 21.9. The first-order valence-corrected chi connectivity index (χ1v) is 9.43. The molecule has 0 N–H and O–H groups in total. The Hall–Kier alpha value is -1.34. The Morgan fingerprint density at radius 2 is 1.15 bits per heavy atom. The lowest BCUT2D eigenvalue weighted by molar-refractivity contribution is -0.131. The smallest absolute Gasteiger partial charge is 0.177 e. The molecule has 4 atom stereocenters. The molecule has 6 heteroatoms. The summed E-state index contributed by atoms with van der Waals surface area (Å²) in [5.41, 5.74) is 0. The zero-order chi connectivity index (χ0) is 18.5. The summed E-state index contributed by atoms with van der Waals surface area (Å²) in [6.45, 7) is 8.13. The van der Waals surface area contributed by atoms with Gasteiger partial charge in [0.1, 0.15) is 11.6 Å². The highest BCUT2D eigenvalue weighted by atomic mass is 16.7. The Bertz CT molecular complexity index is 488. The number of ketones is 2. The number of hydrogen-bond acceptors (Lipinski definition) is 6. The first-order chi connectivity index (χ1) is 12.6. The van der Waals surface area contributed by atoms with Gasteiger partial charge in [0.15, 0.2) is 12.6 Å². The Labute approximate surface area is 154 Å². The van der Waals surface area contributed by atoms with Gasteiger partial charge >= 0.3 is 0 Å².